The summed E-state index contributed by atoms with van der Waals surface area (Å²) in [5.41, 5.74) is -0.308. The molecular formula is C26H33F2N3O7. The summed E-state index contributed by atoms with van der Waals surface area (Å²) in [7, 11) is 0. The summed E-state index contributed by atoms with van der Waals surface area (Å²) in [5.74, 6) is -4.94. The number of aromatic nitrogens is 2. The molecule has 1 amide bonds. The monoisotopic (exact) mass is 537 g/mol. The molecule has 1 aromatic heterocycles. The second kappa shape index (κ2) is 14.0. The lowest BCUT2D eigenvalue weighted by Crippen LogP contribution is -2.44. The summed E-state index contributed by atoms with van der Waals surface area (Å²) < 4.78 is 46.3. The molecule has 0 unspecified atom stereocenters. The number of carbonyl (C=O) groups excluding carboxylic acids is 2. The molecule has 0 bridgehead atoms. The number of nitrogens with zero attached hydrogens (tertiary/aromatic N) is 2. The zero-order valence-corrected chi connectivity index (χ0v) is 21.2. The SMILES string of the molecule is CCCCCCCOC(=O)Nc1ccn([C@@H]2O[C@H](CO)[C@@H](OC(=O)CCc3ccccc3)C2(F)F)c(=O)n1. The van der Waals surface area contributed by atoms with E-state index in [9.17, 15) is 19.5 Å². The van der Waals surface area contributed by atoms with Crippen molar-refractivity contribution < 1.29 is 37.7 Å². The molecule has 38 heavy (non-hydrogen) atoms. The van der Waals surface area contributed by atoms with Gasteiger partial charge < -0.3 is 19.3 Å². The lowest BCUT2D eigenvalue weighted by Gasteiger charge is -2.24. The molecule has 0 aliphatic carbocycles. The minimum atomic E-state index is -3.85. The van der Waals surface area contributed by atoms with Gasteiger partial charge in [0, 0.05) is 12.6 Å². The maximum Gasteiger partial charge on any atom is 0.412 e. The molecule has 208 valence electrons. The van der Waals surface area contributed by atoms with E-state index in [4.69, 9.17) is 14.2 Å². The Morgan fingerprint density at radius 1 is 1.16 bits per heavy atom. The highest BCUT2D eigenvalue weighted by Crippen LogP contribution is 2.44. The second-order valence-electron chi connectivity index (χ2n) is 8.96. The number of aliphatic hydroxyl groups is 1. The summed E-state index contributed by atoms with van der Waals surface area (Å²) in [6.07, 6.45) is -0.728. The van der Waals surface area contributed by atoms with Gasteiger partial charge in [-0.05, 0) is 24.5 Å². The van der Waals surface area contributed by atoms with Crippen LogP contribution >= 0.6 is 0 Å². The molecule has 2 aromatic rings. The lowest BCUT2D eigenvalue weighted by atomic mass is 10.1. The zero-order valence-electron chi connectivity index (χ0n) is 21.2. The number of aliphatic hydroxyl groups excluding tert-OH is 1. The van der Waals surface area contributed by atoms with E-state index in [1.165, 1.54) is 0 Å². The van der Waals surface area contributed by atoms with Crippen LogP contribution in [0, 0.1) is 0 Å². The Labute approximate surface area is 218 Å². The molecule has 1 aliphatic heterocycles. The van der Waals surface area contributed by atoms with Crippen LogP contribution in [0.3, 0.4) is 0 Å². The predicted octanol–water partition coefficient (Wildman–Crippen LogP) is 3.83. The molecule has 0 saturated carbocycles. The first-order valence-corrected chi connectivity index (χ1v) is 12.7. The molecule has 0 spiro atoms. The van der Waals surface area contributed by atoms with Gasteiger partial charge in [0.2, 0.25) is 6.23 Å². The molecule has 2 heterocycles. The molecule has 12 heteroatoms. The smallest absolute Gasteiger partial charge is 0.412 e. The van der Waals surface area contributed by atoms with Crippen molar-refractivity contribution in [3.63, 3.8) is 0 Å². The van der Waals surface area contributed by atoms with Gasteiger partial charge >= 0.3 is 23.7 Å². The van der Waals surface area contributed by atoms with Gasteiger partial charge in [-0.3, -0.25) is 14.7 Å². The van der Waals surface area contributed by atoms with Gasteiger partial charge in [0.15, 0.2) is 6.10 Å². The molecule has 1 fully saturated rings. The molecule has 1 aliphatic rings. The third kappa shape index (κ3) is 7.81. The molecule has 0 radical (unpaired) electrons. The van der Waals surface area contributed by atoms with E-state index in [1.54, 1.807) is 24.3 Å². The van der Waals surface area contributed by atoms with Crippen LogP contribution in [0.15, 0.2) is 47.4 Å². The average molecular weight is 538 g/mol. The van der Waals surface area contributed by atoms with Crippen molar-refractivity contribution in [3.8, 4) is 0 Å². The maximum atomic E-state index is 15.3. The molecule has 3 atom stereocenters. The topological polar surface area (TPSA) is 129 Å². The number of hydrogen-bond donors (Lipinski definition) is 2. The van der Waals surface area contributed by atoms with Gasteiger partial charge in [-0.25, -0.2) is 9.59 Å². The third-order valence-corrected chi connectivity index (χ3v) is 6.04. The number of nitrogens with one attached hydrogen (secondary N) is 1. The van der Waals surface area contributed by atoms with Crippen LogP contribution in [-0.4, -0.2) is 58.1 Å². The van der Waals surface area contributed by atoms with Crippen LogP contribution in [0.25, 0.3) is 0 Å². The van der Waals surface area contributed by atoms with E-state index in [-0.39, 0.29) is 25.3 Å². The van der Waals surface area contributed by atoms with Crippen molar-refractivity contribution in [1.82, 2.24) is 9.55 Å². The van der Waals surface area contributed by atoms with Crippen molar-refractivity contribution in [3.05, 3.63) is 58.6 Å². The third-order valence-electron chi connectivity index (χ3n) is 6.04. The van der Waals surface area contributed by atoms with Crippen molar-refractivity contribution in [2.24, 2.45) is 0 Å². The number of anilines is 1. The number of ether oxygens (including phenoxy) is 3. The number of aryl methyl sites for hydroxylation is 1. The first-order valence-electron chi connectivity index (χ1n) is 12.7. The van der Waals surface area contributed by atoms with E-state index >= 15 is 8.78 Å². The summed E-state index contributed by atoms with van der Waals surface area (Å²) in [4.78, 5) is 40.3. The van der Waals surface area contributed by atoms with Crippen molar-refractivity contribution in [2.75, 3.05) is 18.5 Å². The number of alkyl halides is 2. The highest BCUT2D eigenvalue weighted by molar-refractivity contribution is 5.83. The lowest BCUT2D eigenvalue weighted by molar-refractivity contribution is -0.176. The molecule has 10 nitrogen and oxygen atoms in total. The average Bonchev–Trinajstić information content (AvgIpc) is 3.14. The Balaban J connectivity index is 1.59. The van der Waals surface area contributed by atoms with Crippen molar-refractivity contribution in [1.29, 1.82) is 0 Å². The van der Waals surface area contributed by atoms with Crippen LogP contribution in [0.1, 0.15) is 57.2 Å². The molecule has 2 N–H and O–H groups in total. The largest absolute Gasteiger partial charge is 0.453 e. The Kier molecular flexibility index (Phi) is 10.7. The fraction of sp³-hybridized carbons (Fsp3) is 0.538. The van der Waals surface area contributed by atoms with Crippen molar-refractivity contribution in [2.45, 2.75) is 76.2 Å². The van der Waals surface area contributed by atoms with Crippen LogP contribution < -0.4 is 11.0 Å². The number of hydrogen-bond acceptors (Lipinski definition) is 8. The second-order valence-corrected chi connectivity index (χ2v) is 8.96. The number of rotatable bonds is 13. The van der Waals surface area contributed by atoms with E-state index in [2.05, 4.69) is 17.2 Å². The summed E-state index contributed by atoms with van der Waals surface area (Å²) >= 11 is 0. The number of esters is 1. The molecule has 1 saturated heterocycles. The van der Waals surface area contributed by atoms with Crippen LogP contribution in [0.2, 0.25) is 0 Å². The van der Waals surface area contributed by atoms with E-state index in [0.717, 1.165) is 43.5 Å². The Hall–Kier alpha value is -3.38. The fourth-order valence-corrected chi connectivity index (χ4v) is 4.02. The summed E-state index contributed by atoms with van der Waals surface area (Å²) in [5, 5.41) is 11.9. The first kappa shape index (κ1) is 29.2. The minimum Gasteiger partial charge on any atom is -0.453 e. The van der Waals surface area contributed by atoms with Gasteiger partial charge in [-0.1, -0.05) is 62.9 Å². The van der Waals surface area contributed by atoms with Crippen LogP contribution in [0.4, 0.5) is 19.4 Å². The van der Waals surface area contributed by atoms with Gasteiger partial charge in [0.1, 0.15) is 11.9 Å². The summed E-state index contributed by atoms with van der Waals surface area (Å²) in [6.45, 7) is 1.43. The number of carbonyl (C=O) groups is 2. The summed E-state index contributed by atoms with van der Waals surface area (Å²) in [6, 6.07) is 10.1. The van der Waals surface area contributed by atoms with Crippen molar-refractivity contribution >= 4 is 17.9 Å². The predicted molar refractivity (Wildman–Crippen MR) is 133 cm³/mol. The van der Waals surface area contributed by atoms with Gasteiger partial charge in [0.05, 0.1) is 13.2 Å². The van der Waals surface area contributed by atoms with Crippen LogP contribution in [0.5, 0.6) is 0 Å². The van der Waals surface area contributed by atoms with E-state index < -0.39 is 48.7 Å². The van der Waals surface area contributed by atoms with Gasteiger partial charge in [-0.2, -0.15) is 13.8 Å². The van der Waals surface area contributed by atoms with E-state index in [1.807, 2.05) is 6.07 Å². The number of halogens is 2. The highest BCUT2D eigenvalue weighted by atomic mass is 19.3. The van der Waals surface area contributed by atoms with Crippen LogP contribution in [-0.2, 0) is 25.4 Å². The zero-order chi connectivity index (χ0) is 27.5. The molecular weight excluding hydrogens is 504 g/mol. The Morgan fingerprint density at radius 3 is 2.58 bits per heavy atom. The number of benzene rings is 1. The van der Waals surface area contributed by atoms with E-state index in [0.29, 0.717) is 11.0 Å². The minimum absolute atomic E-state index is 0.157. The highest BCUT2D eigenvalue weighted by Gasteiger charge is 2.62. The molecule has 1 aromatic carbocycles. The quantitative estimate of drug-likeness (QED) is 0.291. The first-order chi connectivity index (χ1) is 18.3. The maximum absolute atomic E-state index is 15.3. The molecule has 3 rings (SSSR count). The van der Waals surface area contributed by atoms with Gasteiger partial charge in [-0.15, -0.1) is 0 Å². The fourth-order valence-electron chi connectivity index (χ4n) is 4.02. The number of unbranched alkanes of at least 4 members (excludes halogenated alkanes) is 4. The normalized spacial score (nSPS) is 20.2. The Morgan fingerprint density at radius 2 is 1.89 bits per heavy atom. The number of amides is 1. The Bertz CT molecular complexity index is 1110. The van der Waals surface area contributed by atoms with Gasteiger partial charge in [0.25, 0.3) is 0 Å². The standard InChI is InChI=1S/C26H33F2N3O7/c1-2-3-4-5-9-16-36-25(35)30-20-14-15-31(24(34)29-20)23-26(27,28)22(19(17-32)37-23)38-21(33)13-12-18-10-7-6-8-11-18/h6-8,10-11,14-15,19,22-23,32H,2-5,9,12-13,16-17H2,1H3,(H,29,30,34,35)/t19-,22-,23-/m1/s1.